The maximum atomic E-state index is 13.3. The van der Waals surface area contributed by atoms with E-state index in [1.165, 1.54) is 16.7 Å². The molecule has 154 valence electrons. The fourth-order valence-corrected chi connectivity index (χ4v) is 4.88. The van der Waals surface area contributed by atoms with Gasteiger partial charge in [-0.15, -0.1) is 11.3 Å². The van der Waals surface area contributed by atoms with Gasteiger partial charge in [0.25, 0.3) is 5.56 Å². The second-order valence-corrected chi connectivity index (χ2v) is 8.66. The Bertz CT molecular complexity index is 1450. The van der Waals surface area contributed by atoms with Crippen molar-refractivity contribution in [2.24, 2.45) is 0 Å². The van der Waals surface area contributed by atoms with Gasteiger partial charge >= 0.3 is 0 Å². The number of fused-ring (bicyclic) bond motifs is 2. The van der Waals surface area contributed by atoms with Crippen molar-refractivity contribution in [1.29, 1.82) is 0 Å². The van der Waals surface area contributed by atoms with Gasteiger partial charge in [-0.25, -0.2) is 4.98 Å². The average molecular weight is 427 g/mol. The molecule has 2 heterocycles. The third-order valence-corrected chi connectivity index (χ3v) is 6.30. The summed E-state index contributed by atoms with van der Waals surface area (Å²) >= 11 is 1.51. The number of hydrogen-bond donors (Lipinski definition) is 0. The van der Waals surface area contributed by atoms with Crippen LogP contribution in [-0.4, -0.2) is 16.2 Å². The van der Waals surface area contributed by atoms with E-state index < -0.39 is 0 Å². The van der Waals surface area contributed by atoms with Crippen LogP contribution in [0.5, 0.6) is 5.75 Å². The van der Waals surface area contributed by atoms with Crippen molar-refractivity contribution in [3.63, 3.8) is 0 Å². The third-order valence-electron chi connectivity index (χ3n) is 5.42. The van der Waals surface area contributed by atoms with Gasteiger partial charge in [0.15, 0.2) is 0 Å². The second-order valence-electron chi connectivity index (χ2n) is 7.81. The Morgan fingerprint density at radius 3 is 2.55 bits per heavy atom. The van der Waals surface area contributed by atoms with Crippen LogP contribution in [0.15, 0.2) is 77.2 Å². The average Bonchev–Trinajstić information content (AvgIpc) is 3.19. The summed E-state index contributed by atoms with van der Waals surface area (Å²) < 4.78 is 7.54. The van der Waals surface area contributed by atoms with Gasteiger partial charge in [0.05, 0.1) is 18.3 Å². The maximum absolute atomic E-state index is 13.3. The quantitative estimate of drug-likeness (QED) is 0.348. The lowest BCUT2D eigenvalue weighted by atomic mass is 10.0. The van der Waals surface area contributed by atoms with Crippen molar-refractivity contribution in [2.45, 2.75) is 20.4 Å². The van der Waals surface area contributed by atoms with Gasteiger partial charge in [-0.3, -0.25) is 9.36 Å². The fraction of sp³-hybridized carbons (Fsp3) is 0.154. The van der Waals surface area contributed by atoms with Gasteiger partial charge in [-0.1, -0.05) is 42.5 Å². The second kappa shape index (κ2) is 8.00. The summed E-state index contributed by atoms with van der Waals surface area (Å²) in [6.07, 6.45) is 1.62. The SMILES string of the molecule is Cc1cc(C)cc(OCCn2cnc3scc(-c4ccc5ccccc5c4)c3c2=O)c1. The van der Waals surface area contributed by atoms with Gasteiger partial charge in [0, 0.05) is 10.9 Å². The molecule has 5 aromatic rings. The van der Waals surface area contributed by atoms with Crippen LogP contribution in [0.4, 0.5) is 0 Å². The molecule has 5 rings (SSSR count). The number of nitrogens with zero attached hydrogens (tertiary/aromatic N) is 2. The Morgan fingerprint density at radius 1 is 0.968 bits per heavy atom. The number of thiophene rings is 1. The first-order valence-electron chi connectivity index (χ1n) is 10.3. The summed E-state index contributed by atoms with van der Waals surface area (Å²) in [5.74, 6) is 0.826. The minimum Gasteiger partial charge on any atom is -0.492 e. The van der Waals surface area contributed by atoms with Crippen molar-refractivity contribution in [2.75, 3.05) is 6.61 Å². The monoisotopic (exact) mass is 426 g/mol. The van der Waals surface area contributed by atoms with Gasteiger partial charge in [-0.05, 0) is 59.5 Å². The zero-order valence-electron chi connectivity index (χ0n) is 17.5. The molecule has 4 nitrogen and oxygen atoms in total. The van der Waals surface area contributed by atoms with Gasteiger partial charge in [0.2, 0.25) is 0 Å². The highest BCUT2D eigenvalue weighted by molar-refractivity contribution is 7.17. The molecule has 0 bridgehead atoms. The first-order valence-corrected chi connectivity index (χ1v) is 11.1. The van der Waals surface area contributed by atoms with Crippen molar-refractivity contribution >= 4 is 32.3 Å². The lowest BCUT2D eigenvalue weighted by Crippen LogP contribution is -2.23. The number of rotatable bonds is 5. The molecule has 0 N–H and O–H groups in total. The molecular formula is C26H22N2O2S. The molecule has 0 atom stereocenters. The molecule has 0 aliphatic rings. The molecular weight excluding hydrogens is 404 g/mol. The Morgan fingerprint density at radius 2 is 1.74 bits per heavy atom. The topological polar surface area (TPSA) is 44.1 Å². The van der Waals surface area contributed by atoms with Gasteiger partial charge in [0.1, 0.15) is 17.2 Å². The van der Waals surface area contributed by atoms with Crippen LogP contribution in [0.25, 0.3) is 32.1 Å². The first-order chi connectivity index (χ1) is 15.1. The lowest BCUT2D eigenvalue weighted by Gasteiger charge is -2.10. The summed E-state index contributed by atoms with van der Waals surface area (Å²) in [4.78, 5) is 18.6. The number of benzene rings is 3. The number of hydrogen-bond acceptors (Lipinski definition) is 4. The predicted molar refractivity (Wildman–Crippen MR) is 128 cm³/mol. The van der Waals surface area contributed by atoms with E-state index >= 15 is 0 Å². The number of aryl methyl sites for hydroxylation is 2. The van der Waals surface area contributed by atoms with E-state index in [2.05, 4.69) is 41.4 Å². The molecule has 0 unspecified atom stereocenters. The maximum Gasteiger partial charge on any atom is 0.262 e. The Kier molecular flexibility index (Phi) is 5.04. The zero-order valence-corrected chi connectivity index (χ0v) is 18.3. The molecule has 0 saturated heterocycles. The Balaban J connectivity index is 1.45. The minimum absolute atomic E-state index is 0.0292. The summed E-state index contributed by atoms with van der Waals surface area (Å²) in [5.41, 5.74) is 4.27. The van der Waals surface area contributed by atoms with Gasteiger partial charge in [-0.2, -0.15) is 0 Å². The molecule has 0 spiro atoms. The minimum atomic E-state index is -0.0292. The highest BCUT2D eigenvalue weighted by Crippen LogP contribution is 2.32. The van der Waals surface area contributed by atoms with Crippen molar-refractivity contribution in [1.82, 2.24) is 9.55 Å². The molecule has 0 aliphatic carbocycles. The molecule has 31 heavy (non-hydrogen) atoms. The predicted octanol–water partition coefficient (Wildman–Crippen LogP) is 5.97. The largest absolute Gasteiger partial charge is 0.492 e. The number of aromatic nitrogens is 2. The van der Waals surface area contributed by atoms with E-state index in [0.29, 0.717) is 18.5 Å². The highest BCUT2D eigenvalue weighted by atomic mass is 32.1. The smallest absolute Gasteiger partial charge is 0.262 e. The fourth-order valence-electron chi connectivity index (χ4n) is 3.97. The standard InChI is InChI=1S/C26H22N2O2S/c1-17-11-18(2)13-22(12-17)30-10-9-28-16-27-25-24(26(28)29)23(15-31-25)21-8-7-19-5-3-4-6-20(19)14-21/h3-8,11-16H,9-10H2,1-2H3. The summed E-state index contributed by atoms with van der Waals surface area (Å²) in [6.45, 7) is 4.95. The van der Waals surface area contributed by atoms with E-state index in [0.717, 1.165) is 38.2 Å². The van der Waals surface area contributed by atoms with E-state index in [1.807, 2.05) is 43.5 Å². The first kappa shape index (κ1) is 19.5. The van der Waals surface area contributed by atoms with Crippen LogP contribution in [0.2, 0.25) is 0 Å². The molecule has 0 fully saturated rings. The van der Waals surface area contributed by atoms with Crippen molar-refractivity contribution in [3.05, 3.63) is 93.9 Å². The van der Waals surface area contributed by atoms with E-state index in [9.17, 15) is 4.79 Å². The summed E-state index contributed by atoms with van der Waals surface area (Å²) in [5, 5.41) is 5.05. The molecule has 5 heteroatoms. The normalized spacial score (nSPS) is 11.3. The van der Waals surface area contributed by atoms with Crippen molar-refractivity contribution < 1.29 is 4.74 Å². The van der Waals surface area contributed by atoms with E-state index in [-0.39, 0.29) is 5.56 Å². The van der Waals surface area contributed by atoms with Gasteiger partial charge < -0.3 is 4.74 Å². The summed E-state index contributed by atoms with van der Waals surface area (Å²) in [7, 11) is 0. The van der Waals surface area contributed by atoms with Crippen LogP contribution in [0, 0.1) is 13.8 Å². The molecule has 2 aromatic heterocycles. The zero-order chi connectivity index (χ0) is 21.4. The van der Waals surface area contributed by atoms with Crippen LogP contribution in [-0.2, 0) is 6.54 Å². The molecule has 0 aliphatic heterocycles. The third kappa shape index (κ3) is 3.84. The van der Waals surface area contributed by atoms with Crippen LogP contribution < -0.4 is 10.3 Å². The Labute approximate surface area is 184 Å². The molecule has 0 saturated carbocycles. The molecule has 3 aromatic carbocycles. The van der Waals surface area contributed by atoms with Crippen LogP contribution in [0.1, 0.15) is 11.1 Å². The molecule has 0 amide bonds. The highest BCUT2D eigenvalue weighted by Gasteiger charge is 2.14. The van der Waals surface area contributed by atoms with E-state index in [1.54, 1.807) is 10.9 Å². The lowest BCUT2D eigenvalue weighted by molar-refractivity contribution is 0.295. The Hall–Kier alpha value is -3.44. The van der Waals surface area contributed by atoms with E-state index in [4.69, 9.17) is 4.74 Å². The number of ether oxygens (including phenoxy) is 1. The summed E-state index contributed by atoms with van der Waals surface area (Å²) in [6, 6.07) is 20.7. The molecule has 0 radical (unpaired) electrons. The van der Waals surface area contributed by atoms with Crippen molar-refractivity contribution in [3.8, 4) is 16.9 Å². The van der Waals surface area contributed by atoms with Crippen LogP contribution in [0.3, 0.4) is 0 Å². The van der Waals surface area contributed by atoms with Crippen LogP contribution >= 0.6 is 11.3 Å².